The van der Waals surface area contributed by atoms with E-state index < -0.39 is 5.60 Å². The summed E-state index contributed by atoms with van der Waals surface area (Å²) in [5.41, 5.74) is 2.95. The number of hydrogen-bond acceptors (Lipinski definition) is 6. The number of nitrogen functional groups attached to an aromatic ring is 1. The summed E-state index contributed by atoms with van der Waals surface area (Å²) in [6, 6.07) is 0. The van der Waals surface area contributed by atoms with Gasteiger partial charge in [0.15, 0.2) is 0 Å². The highest BCUT2D eigenvalue weighted by Gasteiger charge is 2.31. The second kappa shape index (κ2) is 5.77. The second-order valence-corrected chi connectivity index (χ2v) is 6.46. The van der Waals surface area contributed by atoms with Gasteiger partial charge < -0.3 is 15.8 Å². The highest BCUT2D eigenvalue weighted by atomic mass is 16.3. The fourth-order valence-electron chi connectivity index (χ4n) is 3.01. The number of nitrogens with two attached hydrogens (primary N) is 1. The molecule has 2 fully saturated rings. The van der Waals surface area contributed by atoms with E-state index in [-0.39, 0.29) is 0 Å². The average Bonchev–Trinajstić information content (AvgIpc) is 3.32. The standard InChI is InChI=1S/C15H25N5O/c1-10-12(17-9-15(21)7-3-2-4-8-15)18-14(11-5-6-11)19-13(10)20-16/h11,21H,2-9,16H2,1H3,(H2,17,18,19,20). The van der Waals surface area contributed by atoms with E-state index in [0.717, 1.165) is 55.7 Å². The smallest absolute Gasteiger partial charge is 0.148 e. The quantitative estimate of drug-likeness (QED) is 0.490. The summed E-state index contributed by atoms with van der Waals surface area (Å²) in [6.45, 7) is 2.48. The first-order valence-electron chi connectivity index (χ1n) is 7.93. The summed E-state index contributed by atoms with van der Waals surface area (Å²) in [5, 5.41) is 13.9. The molecule has 6 heteroatoms. The van der Waals surface area contributed by atoms with Gasteiger partial charge in [0, 0.05) is 18.0 Å². The lowest BCUT2D eigenvalue weighted by molar-refractivity contribution is 0.0166. The molecule has 21 heavy (non-hydrogen) atoms. The summed E-state index contributed by atoms with van der Waals surface area (Å²) < 4.78 is 0. The first-order valence-corrected chi connectivity index (χ1v) is 7.93. The zero-order valence-electron chi connectivity index (χ0n) is 12.7. The topological polar surface area (TPSA) is 96.1 Å². The molecule has 1 aromatic heterocycles. The van der Waals surface area contributed by atoms with Gasteiger partial charge in [-0.25, -0.2) is 15.8 Å². The Balaban J connectivity index is 1.75. The van der Waals surface area contributed by atoms with Crippen molar-refractivity contribution in [3.63, 3.8) is 0 Å². The van der Waals surface area contributed by atoms with Crippen LogP contribution in [0, 0.1) is 6.92 Å². The predicted octanol–water partition coefficient (Wildman–Crippen LogP) is 2.06. The molecule has 6 nitrogen and oxygen atoms in total. The molecule has 116 valence electrons. The maximum atomic E-state index is 10.6. The van der Waals surface area contributed by atoms with Crippen LogP contribution in [0.4, 0.5) is 11.6 Å². The van der Waals surface area contributed by atoms with Crippen LogP contribution in [-0.2, 0) is 0 Å². The van der Waals surface area contributed by atoms with Gasteiger partial charge in [-0.05, 0) is 32.6 Å². The van der Waals surface area contributed by atoms with Gasteiger partial charge in [-0.2, -0.15) is 0 Å². The Labute approximate surface area is 125 Å². The van der Waals surface area contributed by atoms with E-state index in [4.69, 9.17) is 5.84 Å². The van der Waals surface area contributed by atoms with Gasteiger partial charge in [0.2, 0.25) is 0 Å². The lowest BCUT2D eigenvalue weighted by atomic mass is 9.85. The SMILES string of the molecule is Cc1c(NN)nc(C2CC2)nc1NCC1(O)CCCCC1. The molecule has 3 rings (SSSR count). The van der Waals surface area contributed by atoms with Crippen LogP contribution in [0.3, 0.4) is 0 Å². The van der Waals surface area contributed by atoms with Crippen LogP contribution < -0.4 is 16.6 Å². The number of aliphatic hydroxyl groups is 1. The minimum absolute atomic E-state index is 0.469. The van der Waals surface area contributed by atoms with Crippen molar-refractivity contribution in [3.05, 3.63) is 11.4 Å². The molecule has 0 unspecified atom stereocenters. The van der Waals surface area contributed by atoms with Gasteiger partial charge in [0.25, 0.3) is 0 Å². The summed E-state index contributed by atoms with van der Waals surface area (Å²) >= 11 is 0. The van der Waals surface area contributed by atoms with Crippen molar-refractivity contribution in [2.45, 2.75) is 63.4 Å². The molecule has 1 aromatic rings. The molecule has 2 aliphatic carbocycles. The molecule has 5 N–H and O–H groups in total. The number of nitrogens with one attached hydrogen (secondary N) is 2. The van der Waals surface area contributed by atoms with Crippen LogP contribution >= 0.6 is 0 Å². The highest BCUT2D eigenvalue weighted by Crippen LogP contribution is 2.39. The van der Waals surface area contributed by atoms with E-state index in [1.54, 1.807) is 0 Å². The van der Waals surface area contributed by atoms with Crippen molar-refractivity contribution in [2.24, 2.45) is 5.84 Å². The molecule has 0 spiro atoms. The van der Waals surface area contributed by atoms with Crippen molar-refractivity contribution in [2.75, 3.05) is 17.3 Å². The Hall–Kier alpha value is -1.40. The largest absolute Gasteiger partial charge is 0.388 e. The lowest BCUT2D eigenvalue weighted by Crippen LogP contribution is -2.39. The lowest BCUT2D eigenvalue weighted by Gasteiger charge is -2.32. The van der Waals surface area contributed by atoms with Crippen LogP contribution in [-0.4, -0.2) is 27.2 Å². The fourth-order valence-corrected chi connectivity index (χ4v) is 3.01. The van der Waals surface area contributed by atoms with E-state index in [1.165, 1.54) is 6.42 Å². The molecule has 0 bridgehead atoms. The van der Waals surface area contributed by atoms with E-state index >= 15 is 0 Å². The summed E-state index contributed by atoms with van der Waals surface area (Å²) in [4.78, 5) is 9.11. The number of anilines is 2. The van der Waals surface area contributed by atoms with Crippen LogP contribution in [0.2, 0.25) is 0 Å². The van der Waals surface area contributed by atoms with Gasteiger partial charge in [-0.3, -0.25) is 0 Å². The monoisotopic (exact) mass is 291 g/mol. The number of nitrogens with zero attached hydrogens (tertiary/aromatic N) is 2. The van der Waals surface area contributed by atoms with Gasteiger partial charge in [-0.15, -0.1) is 0 Å². The fraction of sp³-hybridized carbons (Fsp3) is 0.733. The van der Waals surface area contributed by atoms with Gasteiger partial charge >= 0.3 is 0 Å². The molecule has 0 radical (unpaired) electrons. The average molecular weight is 291 g/mol. The third-order valence-electron chi connectivity index (χ3n) is 4.61. The molecule has 0 amide bonds. The van der Waals surface area contributed by atoms with Crippen LogP contribution in [0.15, 0.2) is 0 Å². The molecular formula is C15H25N5O. The maximum absolute atomic E-state index is 10.6. The predicted molar refractivity (Wildman–Crippen MR) is 83.1 cm³/mol. The molecule has 0 atom stereocenters. The highest BCUT2D eigenvalue weighted by molar-refractivity contribution is 5.57. The van der Waals surface area contributed by atoms with Crippen molar-refractivity contribution < 1.29 is 5.11 Å². The molecule has 2 aliphatic rings. The third kappa shape index (κ3) is 3.27. The van der Waals surface area contributed by atoms with Crippen molar-refractivity contribution in [1.82, 2.24) is 9.97 Å². The summed E-state index contributed by atoms with van der Waals surface area (Å²) in [7, 11) is 0. The molecule has 1 heterocycles. The minimum atomic E-state index is -0.605. The Morgan fingerprint density at radius 3 is 2.48 bits per heavy atom. The Bertz CT molecular complexity index is 509. The van der Waals surface area contributed by atoms with E-state index in [0.29, 0.717) is 18.3 Å². The first-order chi connectivity index (χ1) is 10.1. The van der Waals surface area contributed by atoms with E-state index in [1.807, 2.05) is 6.92 Å². The normalized spacial score (nSPS) is 21.1. The number of aromatic nitrogens is 2. The Kier molecular flexibility index (Phi) is 3.99. The van der Waals surface area contributed by atoms with Crippen molar-refractivity contribution >= 4 is 11.6 Å². The van der Waals surface area contributed by atoms with E-state index in [9.17, 15) is 5.11 Å². The Morgan fingerprint density at radius 2 is 1.86 bits per heavy atom. The number of hydrazine groups is 1. The van der Waals surface area contributed by atoms with Crippen LogP contribution in [0.25, 0.3) is 0 Å². The molecule has 0 aromatic carbocycles. The van der Waals surface area contributed by atoms with Crippen molar-refractivity contribution in [1.29, 1.82) is 0 Å². The molecule has 0 saturated heterocycles. The van der Waals surface area contributed by atoms with Gasteiger partial charge in [0.1, 0.15) is 17.5 Å². The Morgan fingerprint density at radius 1 is 1.19 bits per heavy atom. The zero-order valence-corrected chi connectivity index (χ0v) is 12.7. The second-order valence-electron chi connectivity index (χ2n) is 6.46. The number of hydrogen-bond donors (Lipinski definition) is 4. The molecular weight excluding hydrogens is 266 g/mol. The van der Waals surface area contributed by atoms with Crippen LogP contribution in [0.5, 0.6) is 0 Å². The summed E-state index contributed by atoms with van der Waals surface area (Å²) in [6.07, 6.45) is 7.45. The summed E-state index contributed by atoms with van der Waals surface area (Å²) in [5.74, 6) is 8.34. The van der Waals surface area contributed by atoms with Crippen molar-refractivity contribution in [3.8, 4) is 0 Å². The van der Waals surface area contributed by atoms with E-state index in [2.05, 4.69) is 20.7 Å². The van der Waals surface area contributed by atoms with Gasteiger partial charge in [-0.1, -0.05) is 19.3 Å². The first kappa shape index (κ1) is 14.5. The van der Waals surface area contributed by atoms with Gasteiger partial charge in [0.05, 0.1) is 5.60 Å². The third-order valence-corrected chi connectivity index (χ3v) is 4.61. The van der Waals surface area contributed by atoms with Crippen LogP contribution in [0.1, 0.15) is 62.3 Å². The maximum Gasteiger partial charge on any atom is 0.148 e. The number of rotatable bonds is 5. The molecule has 0 aliphatic heterocycles. The molecule has 2 saturated carbocycles. The zero-order chi connectivity index (χ0) is 14.9. The minimum Gasteiger partial charge on any atom is -0.388 e.